The van der Waals surface area contributed by atoms with Crippen molar-refractivity contribution in [2.24, 2.45) is 0 Å². The summed E-state index contributed by atoms with van der Waals surface area (Å²) >= 11 is 2.28. The van der Waals surface area contributed by atoms with Gasteiger partial charge >= 0.3 is 0 Å². The number of fused-ring (bicyclic) bond motifs is 1. The number of alkyl halides is 1. The first-order valence-electron chi connectivity index (χ1n) is 9.11. The first-order valence-corrected chi connectivity index (χ1v) is 10.2. The number of morpholine rings is 1. The first kappa shape index (κ1) is 18.8. The van der Waals surface area contributed by atoms with E-state index in [1.165, 1.54) is 0 Å². The maximum atomic E-state index is 13.8. The molecule has 2 aromatic rings. The van der Waals surface area contributed by atoms with Gasteiger partial charge in [-0.2, -0.15) is 0 Å². The van der Waals surface area contributed by atoms with Crippen LogP contribution in [0.1, 0.15) is 6.92 Å². The van der Waals surface area contributed by atoms with Gasteiger partial charge < -0.3 is 20.3 Å². The Hall–Kier alpha value is -1.52. The van der Waals surface area contributed by atoms with E-state index in [0.29, 0.717) is 19.6 Å². The standard InChI is InChI=1S/C19H22FIN4O2/c1-11-9-25(16-5-4-14(21)18-12(16)3-2-6-23-18)10-17(27-11)19(26)24-15-8-22-7-13(15)20/h2-6,11,13,15,17,22H,7-10H2,1H3,(H,24,26)/t11-,13?,15?,17-/m1/s1. The largest absolute Gasteiger partial charge is 0.365 e. The second kappa shape index (κ2) is 7.84. The lowest BCUT2D eigenvalue weighted by Crippen LogP contribution is -2.55. The molecule has 2 aliphatic heterocycles. The molecule has 0 aliphatic carbocycles. The second-order valence-corrected chi connectivity index (χ2v) is 8.26. The van der Waals surface area contributed by atoms with Crippen LogP contribution in [0.2, 0.25) is 0 Å². The molecule has 2 saturated heterocycles. The molecule has 2 unspecified atom stereocenters. The highest BCUT2D eigenvalue weighted by Gasteiger charge is 2.35. The molecule has 4 atom stereocenters. The smallest absolute Gasteiger partial charge is 0.251 e. The third-order valence-electron chi connectivity index (χ3n) is 5.06. The van der Waals surface area contributed by atoms with Gasteiger partial charge in [0.2, 0.25) is 0 Å². The molecular formula is C19H22FIN4O2. The van der Waals surface area contributed by atoms with E-state index in [1.54, 1.807) is 6.20 Å². The van der Waals surface area contributed by atoms with Crippen molar-refractivity contribution in [1.29, 1.82) is 0 Å². The molecule has 4 rings (SSSR count). The van der Waals surface area contributed by atoms with E-state index in [1.807, 2.05) is 25.1 Å². The van der Waals surface area contributed by atoms with Gasteiger partial charge in [0.25, 0.3) is 5.91 Å². The lowest BCUT2D eigenvalue weighted by Gasteiger charge is -2.38. The van der Waals surface area contributed by atoms with Crippen LogP contribution in [-0.2, 0) is 9.53 Å². The molecule has 2 N–H and O–H groups in total. The molecular weight excluding hydrogens is 462 g/mol. The number of nitrogens with one attached hydrogen (secondary N) is 2. The van der Waals surface area contributed by atoms with Gasteiger partial charge in [-0.25, -0.2) is 4.39 Å². The van der Waals surface area contributed by atoms with Gasteiger partial charge in [0, 0.05) is 40.5 Å². The number of halogens is 2. The van der Waals surface area contributed by atoms with Crippen molar-refractivity contribution < 1.29 is 13.9 Å². The fraction of sp³-hybridized carbons (Fsp3) is 0.474. The van der Waals surface area contributed by atoms with E-state index in [-0.39, 0.29) is 18.6 Å². The summed E-state index contributed by atoms with van der Waals surface area (Å²) in [6.07, 6.45) is -0.0108. The molecule has 0 radical (unpaired) electrons. The molecule has 1 aromatic carbocycles. The number of benzene rings is 1. The van der Waals surface area contributed by atoms with Crippen LogP contribution in [0.15, 0.2) is 30.5 Å². The first-order chi connectivity index (χ1) is 13.0. The Kier molecular flexibility index (Phi) is 5.47. The zero-order valence-electron chi connectivity index (χ0n) is 15.0. The summed E-state index contributed by atoms with van der Waals surface area (Å²) in [7, 11) is 0. The summed E-state index contributed by atoms with van der Waals surface area (Å²) in [5, 5.41) is 6.80. The fourth-order valence-corrected chi connectivity index (χ4v) is 4.37. The monoisotopic (exact) mass is 484 g/mol. The maximum absolute atomic E-state index is 13.8. The van der Waals surface area contributed by atoms with Crippen LogP contribution in [0.25, 0.3) is 10.9 Å². The van der Waals surface area contributed by atoms with Crippen molar-refractivity contribution in [3.8, 4) is 0 Å². The van der Waals surface area contributed by atoms with Gasteiger partial charge in [-0.1, -0.05) is 0 Å². The van der Waals surface area contributed by atoms with E-state index in [4.69, 9.17) is 4.74 Å². The molecule has 0 spiro atoms. The summed E-state index contributed by atoms with van der Waals surface area (Å²) in [5.41, 5.74) is 1.99. The number of rotatable bonds is 3. The van der Waals surface area contributed by atoms with Crippen LogP contribution in [0.3, 0.4) is 0 Å². The van der Waals surface area contributed by atoms with Crippen LogP contribution in [0.5, 0.6) is 0 Å². The van der Waals surface area contributed by atoms with Gasteiger partial charge in [-0.15, -0.1) is 0 Å². The number of ether oxygens (including phenoxy) is 1. The Balaban J connectivity index is 1.56. The average molecular weight is 484 g/mol. The normalized spacial score (nSPS) is 28.5. The lowest BCUT2D eigenvalue weighted by molar-refractivity contribution is -0.138. The topological polar surface area (TPSA) is 66.5 Å². The fourth-order valence-electron chi connectivity index (χ4n) is 3.76. The van der Waals surface area contributed by atoms with Gasteiger partial charge in [-0.05, 0) is 53.8 Å². The predicted octanol–water partition coefficient (Wildman–Crippen LogP) is 1.86. The van der Waals surface area contributed by atoms with Crippen LogP contribution in [-0.4, -0.2) is 61.5 Å². The number of hydrogen-bond acceptors (Lipinski definition) is 5. The summed E-state index contributed by atoms with van der Waals surface area (Å²) < 4.78 is 20.8. The van der Waals surface area contributed by atoms with Gasteiger partial charge in [-0.3, -0.25) is 9.78 Å². The lowest BCUT2D eigenvalue weighted by atomic mass is 10.1. The van der Waals surface area contributed by atoms with E-state index in [2.05, 4.69) is 49.2 Å². The number of amides is 1. The van der Waals surface area contributed by atoms with Crippen molar-refractivity contribution in [1.82, 2.24) is 15.6 Å². The van der Waals surface area contributed by atoms with Crippen LogP contribution in [0.4, 0.5) is 10.1 Å². The summed E-state index contributed by atoms with van der Waals surface area (Å²) in [4.78, 5) is 19.3. The Bertz CT molecular complexity index is 852. The highest BCUT2D eigenvalue weighted by Crippen LogP contribution is 2.31. The number of aromatic nitrogens is 1. The highest BCUT2D eigenvalue weighted by atomic mass is 127. The number of carbonyl (C=O) groups excluding carboxylic acids is 1. The Labute approximate surface area is 171 Å². The SMILES string of the molecule is C[C@@H]1CN(c2ccc(I)c3ncccc23)C[C@H](C(=O)NC2CNCC2F)O1. The van der Waals surface area contributed by atoms with Crippen LogP contribution < -0.4 is 15.5 Å². The number of nitrogens with zero attached hydrogens (tertiary/aromatic N) is 2. The molecule has 2 aliphatic rings. The van der Waals surface area contributed by atoms with E-state index < -0.39 is 18.3 Å². The van der Waals surface area contributed by atoms with Crippen molar-refractivity contribution in [3.63, 3.8) is 0 Å². The number of anilines is 1. The van der Waals surface area contributed by atoms with Crippen LogP contribution >= 0.6 is 22.6 Å². The van der Waals surface area contributed by atoms with Crippen LogP contribution in [0, 0.1) is 3.57 Å². The number of carbonyl (C=O) groups is 1. The average Bonchev–Trinajstić information content (AvgIpc) is 3.06. The minimum Gasteiger partial charge on any atom is -0.365 e. The van der Waals surface area contributed by atoms with E-state index in [9.17, 15) is 9.18 Å². The molecule has 3 heterocycles. The van der Waals surface area contributed by atoms with Crippen molar-refractivity contribution >= 4 is 45.1 Å². The third-order valence-corrected chi connectivity index (χ3v) is 5.93. The molecule has 1 aromatic heterocycles. The molecule has 0 bridgehead atoms. The molecule has 8 heteroatoms. The third kappa shape index (κ3) is 3.88. The van der Waals surface area contributed by atoms with Crippen molar-refractivity contribution in [3.05, 3.63) is 34.0 Å². The van der Waals surface area contributed by atoms with Gasteiger partial charge in [0.1, 0.15) is 6.17 Å². The number of pyridine rings is 1. The summed E-state index contributed by atoms with van der Waals surface area (Å²) in [6, 6.07) is 7.59. The predicted molar refractivity (Wildman–Crippen MR) is 111 cm³/mol. The Morgan fingerprint density at radius 2 is 2.22 bits per heavy atom. The second-order valence-electron chi connectivity index (χ2n) is 7.10. The quantitative estimate of drug-likeness (QED) is 0.652. The molecule has 6 nitrogen and oxygen atoms in total. The minimum absolute atomic E-state index is 0.108. The molecule has 1 amide bonds. The zero-order chi connectivity index (χ0) is 19.0. The van der Waals surface area contributed by atoms with Gasteiger partial charge in [0.15, 0.2) is 6.10 Å². The highest BCUT2D eigenvalue weighted by molar-refractivity contribution is 14.1. The molecule has 2 fully saturated rings. The summed E-state index contributed by atoms with van der Waals surface area (Å²) in [6.45, 7) is 3.80. The minimum atomic E-state index is -1.06. The Morgan fingerprint density at radius 1 is 1.37 bits per heavy atom. The van der Waals surface area contributed by atoms with Gasteiger partial charge in [0.05, 0.1) is 24.2 Å². The summed E-state index contributed by atoms with van der Waals surface area (Å²) in [5.74, 6) is -0.254. The molecule has 0 saturated carbocycles. The molecule has 27 heavy (non-hydrogen) atoms. The van der Waals surface area contributed by atoms with E-state index in [0.717, 1.165) is 20.2 Å². The Morgan fingerprint density at radius 3 is 3.00 bits per heavy atom. The van der Waals surface area contributed by atoms with E-state index >= 15 is 0 Å². The molecule has 144 valence electrons. The van der Waals surface area contributed by atoms with Crippen molar-refractivity contribution in [2.45, 2.75) is 31.3 Å². The zero-order valence-corrected chi connectivity index (χ0v) is 17.1. The van der Waals surface area contributed by atoms with Crippen molar-refractivity contribution in [2.75, 3.05) is 31.1 Å². The number of hydrogen-bond donors (Lipinski definition) is 2. The maximum Gasteiger partial charge on any atom is 0.251 e.